The molecule has 0 saturated carbocycles. The van der Waals surface area contributed by atoms with Gasteiger partial charge in [0.15, 0.2) is 0 Å². The van der Waals surface area contributed by atoms with Gasteiger partial charge in [0.1, 0.15) is 5.75 Å². The second kappa shape index (κ2) is 6.79. The van der Waals surface area contributed by atoms with Crippen molar-refractivity contribution in [3.63, 3.8) is 0 Å². The standard InChI is InChI=1S/C17H26O3.H3P/c1-16(2,3)12-9-11(7-8-14(18)19)10-13(15(12)20)17(4,5)6;/h9-10,20H,7-8H2,1-6H3,(H,18,19);1H3. The Kier molecular flexibility index (Phi) is 6.44. The van der Waals surface area contributed by atoms with Gasteiger partial charge in [0.2, 0.25) is 0 Å². The molecule has 1 atom stereocenters. The highest BCUT2D eigenvalue weighted by Crippen LogP contribution is 2.39. The van der Waals surface area contributed by atoms with Gasteiger partial charge in [0, 0.05) is 6.42 Å². The number of aromatic hydroxyl groups is 1. The Bertz CT molecular complexity index is 473. The van der Waals surface area contributed by atoms with E-state index in [2.05, 4.69) is 41.5 Å². The molecule has 4 heteroatoms. The third kappa shape index (κ3) is 5.32. The average Bonchev–Trinajstić information content (AvgIpc) is 2.24. The molecule has 0 aromatic heterocycles. The SMILES string of the molecule is CC(C)(C)c1cc(CCC(=O)O)cc(C(C)(C)C)c1O.P. The molecule has 0 radical (unpaired) electrons. The van der Waals surface area contributed by atoms with E-state index in [9.17, 15) is 9.90 Å². The molecule has 3 nitrogen and oxygen atoms in total. The number of rotatable bonds is 3. The smallest absolute Gasteiger partial charge is 0.303 e. The molecule has 120 valence electrons. The number of phenols is 1. The molecule has 0 heterocycles. The number of aryl methyl sites for hydroxylation is 1. The van der Waals surface area contributed by atoms with Crippen LogP contribution in [0.1, 0.15) is 64.7 Å². The van der Waals surface area contributed by atoms with E-state index in [-0.39, 0.29) is 27.1 Å². The molecule has 0 saturated heterocycles. The van der Waals surface area contributed by atoms with E-state index in [1.165, 1.54) is 0 Å². The zero-order valence-corrected chi connectivity index (χ0v) is 15.5. The fourth-order valence-electron chi connectivity index (χ4n) is 2.23. The number of carbonyl (C=O) groups is 1. The lowest BCUT2D eigenvalue weighted by molar-refractivity contribution is -0.136. The van der Waals surface area contributed by atoms with Crippen LogP contribution in [0.3, 0.4) is 0 Å². The molecule has 0 bridgehead atoms. The van der Waals surface area contributed by atoms with Gasteiger partial charge in [-0.3, -0.25) is 4.79 Å². The minimum absolute atomic E-state index is 0. The number of hydrogen-bond donors (Lipinski definition) is 2. The van der Waals surface area contributed by atoms with Crippen molar-refractivity contribution in [3.05, 3.63) is 28.8 Å². The zero-order chi connectivity index (χ0) is 15.7. The lowest BCUT2D eigenvalue weighted by Gasteiger charge is -2.28. The molecule has 1 aromatic rings. The lowest BCUT2D eigenvalue weighted by Crippen LogP contribution is -2.18. The van der Waals surface area contributed by atoms with E-state index >= 15 is 0 Å². The predicted octanol–water partition coefficient (Wildman–Crippen LogP) is 4.06. The molecule has 0 aliphatic heterocycles. The lowest BCUT2D eigenvalue weighted by atomic mass is 9.78. The van der Waals surface area contributed by atoms with E-state index in [0.29, 0.717) is 12.2 Å². The molecular weight excluding hydrogens is 283 g/mol. The highest BCUT2D eigenvalue weighted by atomic mass is 31.0. The first-order valence-corrected chi connectivity index (χ1v) is 7.01. The summed E-state index contributed by atoms with van der Waals surface area (Å²) in [5, 5.41) is 19.4. The Morgan fingerprint density at radius 2 is 1.38 bits per heavy atom. The number of carboxylic acids is 1. The molecule has 0 spiro atoms. The van der Waals surface area contributed by atoms with E-state index < -0.39 is 5.97 Å². The average molecular weight is 312 g/mol. The third-order valence-electron chi connectivity index (χ3n) is 3.41. The van der Waals surface area contributed by atoms with Gasteiger partial charge in [-0.05, 0) is 33.9 Å². The van der Waals surface area contributed by atoms with Crippen molar-refractivity contribution >= 4 is 15.9 Å². The number of hydrogen-bond acceptors (Lipinski definition) is 2. The van der Waals surface area contributed by atoms with Crippen LogP contribution < -0.4 is 0 Å². The molecule has 21 heavy (non-hydrogen) atoms. The van der Waals surface area contributed by atoms with Crippen molar-refractivity contribution < 1.29 is 15.0 Å². The van der Waals surface area contributed by atoms with Crippen LogP contribution in [0.5, 0.6) is 5.75 Å². The molecule has 2 N–H and O–H groups in total. The minimum atomic E-state index is -0.798. The monoisotopic (exact) mass is 312 g/mol. The predicted molar refractivity (Wildman–Crippen MR) is 92.6 cm³/mol. The molecule has 0 fully saturated rings. The summed E-state index contributed by atoms with van der Waals surface area (Å²) in [4.78, 5) is 10.8. The minimum Gasteiger partial charge on any atom is -0.507 e. The van der Waals surface area contributed by atoms with Crippen LogP contribution in [0, 0.1) is 0 Å². The second-order valence-corrected chi connectivity index (χ2v) is 7.43. The molecule has 0 aliphatic carbocycles. The third-order valence-corrected chi connectivity index (χ3v) is 3.41. The first-order chi connectivity index (χ1) is 8.93. The van der Waals surface area contributed by atoms with Gasteiger partial charge in [-0.1, -0.05) is 53.7 Å². The van der Waals surface area contributed by atoms with Crippen LogP contribution >= 0.6 is 9.90 Å². The van der Waals surface area contributed by atoms with Crippen molar-refractivity contribution in [1.82, 2.24) is 0 Å². The van der Waals surface area contributed by atoms with Gasteiger partial charge >= 0.3 is 5.97 Å². The van der Waals surface area contributed by atoms with Gasteiger partial charge < -0.3 is 10.2 Å². The van der Waals surface area contributed by atoms with Gasteiger partial charge in [-0.25, -0.2) is 0 Å². The zero-order valence-electron chi connectivity index (χ0n) is 14.1. The number of aliphatic carboxylic acids is 1. The van der Waals surface area contributed by atoms with Crippen molar-refractivity contribution in [1.29, 1.82) is 0 Å². The Morgan fingerprint density at radius 1 is 1.00 bits per heavy atom. The fraction of sp³-hybridized carbons (Fsp3) is 0.588. The van der Waals surface area contributed by atoms with Gasteiger partial charge in [-0.2, -0.15) is 9.90 Å². The van der Waals surface area contributed by atoms with E-state index in [0.717, 1.165) is 16.7 Å². The maximum absolute atomic E-state index is 10.8. The topological polar surface area (TPSA) is 57.5 Å². The molecule has 1 aromatic carbocycles. The quantitative estimate of drug-likeness (QED) is 0.827. The first kappa shape index (κ1) is 19.9. The van der Waals surface area contributed by atoms with Crippen molar-refractivity contribution in [2.45, 2.75) is 65.2 Å². The van der Waals surface area contributed by atoms with Crippen LogP contribution in [-0.2, 0) is 22.0 Å². The second-order valence-electron chi connectivity index (χ2n) is 7.43. The maximum atomic E-state index is 10.8. The summed E-state index contributed by atoms with van der Waals surface area (Å²) in [5.74, 6) is -0.461. The molecule has 1 rings (SSSR count). The summed E-state index contributed by atoms with van der Waals surface area (Å²) in [6.07, 6.45) is 0.597. The molecular formula is C17H29O3P. The van der Waals surface area contributed by atoms with Crippen molar-refractivity contribution in [2.75, 3.05) is 0 Å². The van der Waals surface area contributed by atoms with Gasteiger partial charge in [0.25, 0.3) is 0 Å². The summed E-state index contributed by atoms with van der Waals surface area (Å²) in [6.45, 7) is 12.3. The molecule has 0 amide bonds. The number of phenolic OH excluding ortho intramolecular Hbond substituents is 1. The summed E-state index contributed by atoms with van der Waals surface area (Å²) < 4.78 is 0. The highest BCUT2D eigenvalue weighted by molar-refractivity contribution is 6.92. The summed E-state index contributed by atoms with van der Waals surface area (Å²) >= 11 is 0. The Labute approximate surface area is 131 Å². The largest absolute Gasteiger partial charge is 0.507 e. The fourth-order valence-corrected chi connectivity index (χ4v) is 2.23. The van der Waals surface area contributed by atoms with Crippen LogP contribution in [0.4, 0.5) is 0 Å². The Balaban J connectivity index is 0.00000400. The van der Waals surface area contributed by atoms with Crippen LogP contribution in [0.25, 0.3) is 0 Å². The summed E-state index contributed by atoms with van der Waals surface area (Å²) in [6, 6.07) is 3.88. The summed E-state index contributed by atoms with van der Waals surface area (Å²) in [7, 11) is 0. The summed E-state index contributed by atoms with van der Waals surface area (Å²) in [5.41, 5.74) is 2.38. The van der Waals surface area contributed by atoms with Crippen molar-refractivity contribution in [2.24, 2.45) is 0 Å². The highest BCUT2D eigenvalue weighted by Gasteiger charge is 2.26. The maximum Gasteiger partial charge on any atom is 0.303 e. The number of carboxylic acid groups (broad SMARTS) is 1. The van der Waals surface area contributed by atoms with Crippen molar-refractivity contribution in [3.8, 4) is 5.75 Å². The van der Waals surface area contributed by atoms with E-state index in [1.807, 2.05) is 12.1 Å². The van der Waals surface area contributed by atoms with Gasteiger partial charge in [0.05, 0.1) is 0 Å². The molecule has 0 aliphatic rings. The molecule has 1 unspecified atom stereocenters. The van der Waals surface area contributed by atoms with Gasteiger partial charge in [-0.15, -0.1) is 0 Å². The Morgan fingerprint density at radius 3 is 1.67 bits per heavy atom. The van der Waals surface area contributed by atoms with E-state index in [1.54, 1.807) is 0 Å². The normalized spacial score (nSPS) is 11.9. The van der Waals surface area contributed by atoms with Crippen LogP contribution in [0.2, 0.25) is 0 Å². The first-order valence-electron chi connectivity index (χ1n) is 7.01. The van der Waals surface area contributed by atoms with E-state index in [4.69, 9.17) is 5.11 Å². The van der Waals surface area contributed by atoms with Crippen LogP contribution in [0.15, 0.2) is 12.1 Å². The Hall–Kier alpha value is -1.08. The number of benzene rings is 1. The van der Waals surface area contributed by atoms with Crippen LogP contribution in [-0.4, -0.2) is 16.2 Å².